The van der Waals surface area contributed by atoms with E-state index < -0.39 is 5.60 Å². The molecule has 0 atom stereocenters. The van der Waals surface area contributed by atoms with Gasteiger partial charge in [-0.25, -0.2) is 9.18 Å². The number of benzene rings is 1. The van der Waals surface area contributed by atoms with Gasteiger partial charge >= 0.3 is 6.09 Å². The highest BCUT2D eigenvalue weighted by Crippen LogP contribution is 2.29. The number of aromatic amines is 1. The van der Waals surface area contributed by atoms with Crippen LogP contribution < -0.4 is 4.90 Å². The van der Waals surface area contributed by atoms with E-state index in [1.54, 1.807) is 23.2 Å². The van der Waals surface area contributed by atoms with Crippen molar-refractivity contribution in [3.63, 3.8) is 0 Å². The molecule has 0 bridgehead atoms. The fraction of sp³-hybridized carbons (Fsp3) is 0.444. The first-order valence-corrected chi connectivity index (χ1v) is 8.36. The standard InChI is InChI=1S/C18H23FN4O2/c1-18(2,3)25-17(24)23-10-8-22(9-11-23)15-12-20-21-16(15)13-4-6-14(19)7-5-13/h4-7,12H,8-11H2,1-3H3,(H,20,21). The van der Waals surface area contributed by atoms with Crippen LogP contribution in [0, 0.1) is 5.82 Å². The predicted octanol–water partition coefficient (Wildman–Crippen LogP) is 3.27. The Morgan fingerprint density at radius 3 is 2.40 bits per heavy atom. The number of hydrogen-bond donors (Lipinski definition) is 1. The van der Waals surface area contributed by atoms with Crippen molar-refractivity contribution < 1.29 is 13.9 Å². The van der Waals surface area contributed by atoms with E-state index in [0.29, 0.717) is 26.2 Å². The van der Waals surface area contributed by atoms with E-state index in [1.807, 2.05) is 20.8 Å². The summed E-state index contributed by atoms with van der Waals surface area (Å²) in [4.78, 5) is 16.0. The zero-order valence-corrected chi connectivity index (χ0v) is 14.8. The number of piperazine rings is 1. The number of amides is 1. The molecule has 7 heteroatoms. The van der Waals surface area contributed by atoms with Gasteiger partial charge in [0.2, 0.25) is 0 Å². The summed E-state index contributed by atoms with van der Waals surface area (Å²) in [6, 6.07) is 6.31. The van der Waals surface area contributed by atoms with Crippen molar-refractivity contribution in [3.05, 3.63) is 36.3 Å². The van der Waals surface area contributed by atoms with Gasteiger partial charge in [-0.15, -0.1) is 0 Å². The van der Waals surface area contributed by atoms with Gasteiger partial charge in [-0.2, -0.15) is 5.10 Å². The molecule has 2 aromatic rings. The molecule has 6 nitrogen and oxygen atoms in total. The van der Waals surface area contributed by atoms with Gasteiger partial charge in [-0.1, -0.05) is 0 Å². The van der Waals surface area contributed by atoms with Gasteiger partial charge in [0.1, 0.15) is 11.4 Å². The van der Waals surface area contributed by atoms with E-state index in [1.165, 1.54) is 12.1 Å². The Hall–Kier alpha value is -2.57. The third-order valence-corrected chi connectivity index (χ3v) is 4.02. The third kappa shape index (κ3) is 4.10. The number of hydrogen-bond acceptors (Lipinski definition) is 4. The fourth-order valence-corrected chi connectivity index (χ4v) is 2.80. The maximum atomic E-state index is 13.1. The van der Waals surface area contributed by atoms with Crippen molar-refractivity contribution in [3.8, 4) is 11.3 Å². The lowest BCUT2D eigenvalue weighted by Gasteiger charge is -2.36. The predicted molar refractivity (Wildman–Crippen MR) is 94.0 cm³/mol. The van der Waals surface area contributed by atoms with Crippen molar-refractivity contribution in [1.82, 2.24) is 15.1 Å². The molecule has 0 saturated carbocycles. The molecule has 1 aliphatic rings. The Bertz CT molecular complexity index is 728. The molecule has 0 radical (unpaired) electrons. The van der Waals surface area contributed by atoms with E-state index in [4.69, 9.17) is 4.74 Å². The molecular weight excluding hydrogens is 323 g/mol. The fourth-order valence-electron chi connectivity index (χ4n) is 2.80. The quantitative estimate of drug-likeness (QED) is 0.907. The average Bonchev–Trinajstić information content (AvgIpc) is 3.04. The minimum Gasteiger partial charge on any atom is -0.444 e. The van der Waals surface area contributed by atoms with Crippen LogP contribution in [0.15, 0.2) is 30.5 Å². The molecule has 1 amide bonds. The highest BCUT2D eigenvalue weighted by molar-refractivity contribution is 5.75. The number of rotatable bonds is 2. The van der Waals surface area contributed by atoms with Crippen LogP contribution in [0.4, 0.5) is 14.9 Å². The van der Waals surface area contributed by atoms with Gasteiger partial charge in [0, 0.05) is 31.7 Å². The minimum atomic E-state index is -0.492. The van der Waals surface area contributed by atoms with Gasteiger partial charge < -0.3 is 14.5 Å². The molecule has 2 heterocycles. The lowest BCUT2D eigenvalue weighted by molar-refractivity contribution is 0.0240. The van der Waals surface area contributed by atoms with E-state index in [2.05, 4.69) is 15.1 Å². The molecule has 1 aromatic carbocycles. The summed E-state index contributed by atoms with van der Waals surface area (Å²) in [7, 11) is 0. The zero-order chi connectivity index (χ0) is 18.0. The molecule has 0 aliphatic carbocycles. The SMILES string of the molecule is CC(C)(C)OC(=O)N1CCN(c2cn[nH]c2-c2ccc(F)cc2)CC1. The monoisotopic (exact) mass is 346 g/mol. The molecule has 0 unspecified atom stereocenters. The van der Waals surface area contributed by atoms with Crippen LogP contribution in [0.25, 0.3) is 11.3 Å². The van der Waals surface area contributed by atoms with Crippen LogP contribution in [-0.4, -0.2) is 53.0 Å². The number of carbonyl (C=O) groups excluding carboxylic acids is 1. The summed E-state index contributed by atoms with van der Waals surface area (Å²) in [5.74, 6) is -0.268. The Morgan fingerprint density at radius 1 is 1.16 bits per heavy atom. The smallest absolute Gasteiger partial charge is 0.410 e. The number of nitrogens with zero attached hydrogens (tertiary/aromatic N) is 3. The summed E-state index contributed by atoms with van der Waals surface area (Å²) < 4.78 is 18.6. The van der Waals surface area contributed by atoms with E-state index in [9.17, 15) is 9.18 Å². The number of anilines is 1. The van der Waals surface area contributed by atoms with Gasteiger partial charge in [0.05, 0.1) is 17.6 Å². The maximum absolute atomic E-state index is 13.1. The second kappa shape index (κ2) is 6.74. The van der Waals surface area contributed by atoms with Crippen LogP contribution >= 0.6 is 0 Å². The van der Waals surface area contributed by atoms with E-state index >= 15 is 0 Å². The molecule has 1 fully saturated rings. The van der Waals surface area contributed by atoms with Crippen LogP contribution in [0.2, 0.25) is 0 Å². The van der Waals surface area contributed by atoms with Crippen LogP contribution in [0.5, 0.6) is 0 Å². The lowest BCUT2D eigenvalue weighted by Crippen LogP contribution is -2.50. The third-order valence-electron chi connectivity index (χ3n) is 4.02. The van der Waals surface area contributed by atoms with Gasteiger partial charge in [0.15, 0.2) is 0 Å². The molecule has 0 spiro atoms. The first-order valence-electron chi connectivity index (χ1n) is 8.36. The van der Waals surface area contributed by atoms with Gasteiger partial charge in [-0.3, -0.25) is 5.10 Å². The number of nitrogens with one attached hydrogen (secondary N) is 1. The molecule has 1 N–H and O–H groups in total. The lowest BCUT2D eigenvalue weighted by atomic mass is 10.1. The molecule has 1 aromatic heterocycles. The van der Waals surface area contributed by atoms with E-state index in [-0.39, 0.29) is 11.9 Å². The van der Waals surface area contributed by atoms with Crippen molar-refractivity contribution in [2.75, 3.05) is 31.1 Å². The Labute approximate surface area is 146 Å². The van der Waals surface area contributed by atoms with Crippen molar-refractivity contribution >= 4 is 11.8 Å². The minimum absolute atomic E-state index is 0.268. The van der Waals surface area contributed by atoms with E-state index in [0.717, 1.165) is 16.9 Å². The summed E-state index contributed by atoms with van der Waals surface area (Å²) in [6.45, 7) is 8.14. The molecule has 3 rings (SSSR count). The van der Waals surface area contributed by atoms with Crippen LogP contribution in [0.3, 0.4) is 0 Å². The highest BCUT2D eigenvalue weighted by atomic mass is 19.1. The Morgan fingerprint density at radius 2 is 1.80 bits per heavy atom. The number of H-pyrrole nitrogens is 1. The number of aromatic nitrogens is 2. The van der Waals surface area contributed by atoms with Crippen molar-refractivity contribution in [2.45, 2.75) is 26.4 Å². The second-order valence-corrected chi connectivity index (χ2v) is 7.09. The van der Waals surface area contributed by atoms with Crippen molar-refractivity contribution in [1.29, 1.82) is 0 Å². The number of carbonyl (C=O) groups is 1. The van der Waals surface area contributed by atoms with Gasteiger partial charge in [0.25, 0.3) is 0 Å². The summed E-state index contributed by atoms with van der Waals surface area (Å²) >= 11 is 0. The molecule has 134 valence electrons. The topological polar surface area (TPSA) is 61.5 Å². The van der Waals surface area contributed by atoms with Crippen LogP contribution in [-0.2, 0) is 4.74 Å². The molecule has 1 aliphatic heterocycles. The number of halogens is 1. The first kappa shape index (κ1) is 17.3. The van der Waals surface area contributed by atoms with Gasteiger partial charge in [-0.05, 0) is 45.0 Å². The Kier molecular flexibility index (Phi) is 4.65. The normalized spacial score (nSPS) is 15.4. The largest absolute Gasteiger partial charge is 0.444 e. The molecule has 1 saturated heterocycles. The van der Waals surface area contributed by atoms with Crippen LogP contribution in [0.1, 0.15) is 20.8 Å². The molecule has 25 heavy (non-hydrogen) atoms. The maximum Gasteiger partial charge on any atom is 0.410 e. The number of ether oxygens (including phenoxy) is 1. The summed E-state index contributed by atoms with van der Waals surface area (Å²) in [5.41, 5.74) is 2.19. The average molecular weight is 346 g/mol. The highest BCUT2D eigenvalue weighted by Gasteiger charge is 2.27. The summed E-state index contributed by atoms with van der Waals surface area (Å²) in [6.07, 6.45) is 1.49. The second-order valence-electron chi connectivity index (χ2n) is 7.09. The molecular formula is C18H23FN4O2. The first-order chi connectivity index (χ1) is 11.8. The summed E-state index contributed by atoms with van der Waals surface area (Å²) in [5, 5.41) is 7.12. The zero-order valence-electron chi connectivity index (χ0n) is 14.8. The van der Waals surface area contributed by atoms with Crippen molar-refractivity contribution in [2.24, 2.45) is 0 Å². The Balaban J connectivity index is 1.67.